The lowest BCUT2D eigenvalue weighted by molar-refractivity contribution is 0.685. The minimum atomic E-state index is 0.0396. The summed E-state index contributed by atoms with van der Waals surface area (Å²) >= 11 is 0. The van der Waals surface area contributed by atoms with Gasteiger partial charge in [-0.1, -0.05) is 26.0 Å². The van der Waals surface area contributed by atoms with Crippen molar-refractivity contribution >= 4 is 17.5 Å². The molecular formula is C12H16N2. The van der Waals surface area contributed by atoms with Gasteiger partial charge in [0.1, 0.15) is 0 Å². The van der Waals surface area contributed by atoms with Crippen molar-refractivity contribution in [1.29, 1.82) is 0 Å². The van der Waals surface area contributed by atoms with Gasteiger partial charge in [-0.15, -0.1) is 0 Å². The highest BCUT2D eigenvalue weighted by atomic mass is 14.6. The standard InChI is InChI=1S/C12H16N2/c1-7-9(13)6-8-4-5-12(2,3)10(8)11(7)14/h4-6H,13-14H2,1-3H3. The molecule has 0 radical (unpaired) electrons. The summed E-state index contributed by atoms with van der Waals surface area (Å²) in [4.78, 5) is 0. The van der Waals surface area contributed by atoms with Crippen LogP contribution in [0, 0.1) is 6.92 Å². The first kappa shape index (κ1) is 9.13. The lowest BCUT2D eigenvalue weighted by Gasteiger charge is -2.22. The number of anilines is 2. The van der Waals surface area contributed by atoms with Crippen molar-refractivity contribution in [3.63, 3.8) is 0 Å². The Balaban J connectivity index is 2.77. The van der Waals surface area contributed by atoms with Crippen LogP contribution in [0.3, 0.4) is 0 Å². The van der Waals surface area contributed by atoms with Gasteiger partial charge < -0.3 is 11.5 Å². The molecule has 0 fully saturated rings. The Hall–Kier alpha value is -1.44. The third-order valence-electron chi connectivity index (χ3n) is 3.03. The fourth-order valence-corrected chi connectivity index (χ4v) is 2.08. The summed E-state index contributed by atoms with van der Waals surface area (Å²) in [6, 6.07) is 2.01. The Morgan fingerprint density at radius 3 is 2.50 bits per heavy atom. The number of hydrogen-bond acceptors (Lipinski definition) is 2. The van der Waals surface area contributed by atoms with Gasteiger partial charge in [-0.2, -0.15) is 0 Å². The van der Waals surface area contributed by atoms with Gasteiger partial charge in [0.15, 0.2) is 0 Å². The van der Waals surface area contributed by atoms with E-state index >= 15 is 0 Å². The summed E-state index contributed by atoms with van der Waals surface area (Å²) in [5.74, 6) is 0. The zero-order valence-corrected chi connectivity index (χ0v) is 8.89. The number of nitrogens with two attached hydrogens (primary N) is 2. The second-order valence-corrected chi connectivity index (χ2v) is 4.52. The predicted molar refractivity (Wildman–Crippen MR) is 62.1 cm³/mol. The molecule has 0 saturated carbocycles. The zero-order chi connectivity index (χ0) is 10.5. The smallest absolute Gasteiger partial charge is 0.0411 e. The second-order valence-electron chi connectivity index (χ2n) is 4.52. The maximum atomic E-state index is 6.09. The molecule has 0 amide bonds. The number of allylic oxidation sites excluding steroid dienone is 1. The first-order chi connectivity index (χ1) is 6.43. The highest BCUT2D eigenvalue weighted by molar-refractivity contribution is 5.79. The Morgan fingerprint density at radius 1 is 1.21 bits per heavy atom. The van der Waals surface area contributed by atoms with Crippen LogP contribution in [-0.4, -0.2) is 0 Å². The van der Waals surface area contributed by atoms with E-state index in [-0.39, 0.29) is 5.41 Å². The molecular weight excluding hydrogens is 172 g/mol. The lowest BCUT2D eigenvalue weighted by Crippen LogP contribution is -2.15. The third kappa shape index (κ3) is 1.03. The van der Waals surface area contributed by atoms with Crippen LogP contribution in [0.15, 0.2) is 12.1 Å². The average Bonchev–Trinajstić information content (AvgIpc) is 2.38. The predicted octanol–water partition coefficient (Wildman–Crippen LogP) is 2.46. The molecule has 0 spiro atoms. The van der Waals surface area contributed by atoms with Gasteiger partial charge in [0, 0.05) is 16.8 Å². The summed E-state index contributed by atoms with van der Waals surface area (Å²) < 4.78 is 0. The van der Waals surface area contributed by atoms with E-state index in [1.165, 1.54) is 5.56 Å². The quantitative estimate of drug-likeness (QED) is 0.614. The highest BCUT2D eigenvalue weighted by Gasteiger charge is 2.28. The van der Waals surface area contributed by atoms with Crippen molar-refractivity contribution in [2.24, 2.45) is 0 Å². The molecule has 2 nitrogen and oxygen atoms in total. The van der Waals surface area contributed by atoms with E-state index in [2.05, 4.69) is 26.0 Å². The molecule has 4 N–H and O–H groups in total. The van der Waals surface area contributed by atoms with E-state index in [1.807, 2.05) is 13.0 Å². The molecule has 1 aromatic carbocycles. The molecule has 0 atom stereocenters. The summed E-state index contributed by atoms with van der Waals surface area (Å²) in [5.41, 5.74) is 17.0. The van der Waals surface area contributed by atoms with Crippen molar-refractivity contribution in [2.75, 3.05) is 11.5 Å². The first-order valence-electron chi connectivity index (χ1n) is 4.82. The lowest BCUT2D eigenvalue weighted by atomic mass is 9.84. The highest BCUT2D eigenvalue weighted by Crippen LogP contribution is 2.42. The molecule has 0 saturated heterocycles. The van der Waals surface area contributed by atoms with Crippen LogP contribution in [0.2, 0.25) is 0 Å². The number of benzene rings is 1. The van der Waals surface area contributed by atoms with Crippen molar-refractivity contribution in [3.8, 4) is 0 Å². The van der Waals surface area contributed by atoms with Crippen LogP contribution in [0.1, 0.15) is 30.5 Å². The summed E-state index contributed by atoms with van der Waals surface area (Å²) in [7, 11) is 0. The molecule has 14 heavy (non-hydrogen) atoms. The van der Waals surface area contributed by atoms with Crippen LogP contribution in [-0.2, 0) is 5.41 Å². The van der Waals surface area contributed by atoms with Crippen LogP contribution >= 0.6 is 0 Å². The van der Waals surface area contributed by atoms with Crippen molar-refractivity contribution < 1.29 is 0 Å². The van der Waals surface area contributed by atoms with Gasteiger partial charge in [-0.05, 0) is 29.7 Å². The van der Waals surface area contributed by atoms with Crippen LogP contribution in [0.5, 0.6) is 0 Å². The first-order valence-corrected chi connectivity index (χ1v) is 4.82. The van der Waals surface area contributed by atoms with E-state index < -0.39 is 0 Å². The van der Waals surface area contributed by atoms with Crippen LogP contribution in [0.25, 0.3) is 6.08 Å². The maximum absolute atomic E-state index is 6.09. The van der Waals surface area contributed by atoms with E-state index in [0.717, 1.165) is 22.5 Å². The molecule has 0 aromatic heterocycles. The molecule has 0 heterocycles. The minimum Gasteiger partial charge on any atom is -0.398 e. The number of hydrogen-bond donors (Lipinski definition) is 2. The van der Waals surface area contributed by atoms with Gasteiger partial charge in [0.25, 0.3) is 0 Å². The molecule has 0 bridgehead atoms. The van der Waals surface area contributed by atoms with E-state index in [4.69, 9.17) is 11.5 Å². The number of nitrogen functional groups attached to an aromatic ring is 2. The second kappa shape index (κ2) is 2.53. The van der Waals surface area contributed by atoms with Gasteiger partial charge >= 0.3 is 0 Å². The Labute approximate surface area is 84.6 Å². The van der Waals surface area contributed by atoms with Gasteiger partial charge in [0.05, 0.1) is 0 Å². The normalized spacial score (nSPS) is 17.1. The molecule has 0 unspecified atom stereocenters. The van der Waals surface area contributed by atoms with E-state index in [1.54, 1.807) is 0 Å². The SMILES string of the molecule is Cc1c(N)cc2c(c1N)C(C)(C)C=C2. The van der Waals surface area contributed by atoms with E-state index in [0.29, 0.717) is 0 Å². The molecule has 2 heteroatoms. The molecule has 74 valence electrons. The fourth-order valence-electron chi connectivity index (χ4n) is 2.08. The summed E-state index contributed by atoms with van der Waals surface area (Å²) in [6.07, 6.45) is 4.27. The minimum absolute atomic E-state index is 0.0396. The van der Waals surface area contributed by atoms with Gasteiger partial charge in [-0.25, -0.2) is 0 Å². The Kier molecular flexibility index (Phi) is 1.65. The molecule has 2 rings (SSSR count). The molecule has 1 aromatic rings. The summed E-state index contributed by atoms with van der Waals surface area (Å²) in [5, 5.41) is 0. The number of rotatable bonds is 0. The zero-order valence-electron chi connectivity index (χ0n) is 8.89. The largest absolute Gasteiger partial charge is 0.398 e. The van der Waals surface area contributed by atoms with Crippen molar-refractivity contribution in [3.05, 3.63) is 28.8 Å². The molecule has 0 aliphatic heterocycles. The van der Waals surface area contributed by atoms with Gasteiger partial charge in [-0.3, -0.25) is 0 Å². The summed E-state index contributed by atoms with van der Waals surface area (Å²) in [6.45, 7) is 6.31. The topological polar surface area (TPSA) is 52.0 Å². The van der Waals surface area contributed by atoms with Crippen LogP contribution in [0.4, 0.5) is 11.4 Å². The van der Waals surface area contributed by atoms with Crippen LogP contribution < -0.4 is 11.5 Å². The van der Waals surface area contributed by atoms with E-state index in [9.17, 15) is 0 Å². The van der Waals surface area contributed by atoms with Gasteiger partial charge in [0.2, 0.25) is 0 Å². The molecule has 1 aliphatic carbocycles. The maximum Gasteiger partial charge on any atom is 0.0411 e. The third-order valence-corrected chi connectivity index (χ3v) is 3.03. The molecule has 1 aliphatic rings. The monoisotopic (exact) mass is 188 g/mol. The number of fused-ring (bicyclic) bond motifs is 1. The fraction of sp³-hybridized carbons (Fsp3) is 0.333. The Bertz CT molecular complexity index is 428. The Morgan fingerprint density at radius 2 is 1.86 bits per heavy atom. The average molecular weight is 188 g/mol. The van der Waals surface area contributed by atoms with Crippen molar-refractivity contribution in [1.82, 2.24) is 0 Å². The van der Waals surface area contributed by atoms with Crippen molar-refractivity contribution in [2.45, 2.75) is 26.2 Å².